The van der Waals surface area contributed by atoms with Gasteiger partial charge in [0.2, 0.25) is 0 Å². The summed E-state index contributed by atoms with van der Waals surface area (Å²) in [6, 6.07) is 47.1. The first-order valence-electron chi connectivity index (χ1n) is 12.9. The molecule has 0 fully saturated rings. The molecule has 0 aliphatic carbocycles. The van der Waals surface area contributed by atoms with E-state index in [-0.39, 0.29) is 0 Å². The summed E-state index contributed by atoms with van der Waals surface area (Å²) in [6.07, 6.45) is 0. The molecule has 2 heteroatoms. The van der Waals surface area contributed by atoms with Crippen molar-refractivity contribution in [1.29, 1.82) is 0 Å². The minimum Gasteiger partial charge on any atom is -0.455 e. The van der Waals surface area contributed by atoms with Crippen molar-refractivity contribution in [2.24, 2.45) is 0 Å². The summed E-state index contributed by atoms with van der Waals surface area (Å²) in [5, 5.41) is 4.73. The molecule has 0 saturated carbocycles. The average Bonchev–Trinajstić information content (AvgIpc) is 3.56. The van der Waals surface area contributed by atoms with Gasteiger partial charge >= 0.3 is 0 Å². The van der Waals surface area contributed by atoms with Crippen molar-refractivity contribution < 1.29 is 4.42 Å². The molecule has 0 amide bonds. The summed E-state index contributed by atoms with van der Waals surface area (Å²) in [6.45, 7) is 0. The van der Waals surface area contributed by atoms with Gasteiger partial charge in [-0.05, 0) is 28.8 Å². The van der Waals surface area contributed by atoms with Crippen LogP contribution in [0.5, 0.6) is 0 Å². The van der Waals surface area contributed by atoms with E-state index in [2.05, 4.69) is 138 Å². The topological polar surface area (TPSA) is 28.9 Å². The third-order valence-electron chi connectivity index (χ3n) is 7.64. The molecule has 2 nitrogen and oxygen atoms in total. The number of H-pyrrole nitrogens is 1. The van der Waals surface area contributed by atoms with E-state index < -0.39 is 0 Å². The van der Waals surface area contributed by atoms with Crippen molar-refractivity contribution >= 4 is 43.7 Å². The van der Waals surface area contributed by atoms with Gasteiger partial charge < -0.3 is 9.40 Å². The van der Waals surface area contributed by atoms with Crippen LogP contribution in [-0.4, -0.2) is 4.98 Å². The number of furan rings is 1. The predicted octanol–water partition coefficient (Wildman–Crippen LogP) is 10.2. The molecule has 0 spiro atoms. The van der Waals surface area contributed by atoms with Gasteiger partial charge in [-0.15, -0.1) is 0 Å². The van der Waals surface area contributed by atoms with Gasteiger partial charge in [-0.25, -0.2) is 0 Å². The monoisotopic (exact) mass is 485 g/mol. The maximum atomic E-state index is 6.78. The minimum atomic E-state index is 0.917. The Balaban J connectivity index is 1.36. The highest BCUT2D eigenvalue weighted by molar-refractivity contribution is 6.17. The van der Waals surface area contributed by atoms with Crippen LogP contribution in [0.3, 0.4) is 0 Å². The SMILES string of the molecule is c1ccc(-c2cccc(-c3cccc4c3oc3c(-c5cccc6c5[nH]c5ccccc56)cccc34)c2)cc1. The number of aromatic nitrogens is 1. The van der Waals surface area contributed by atoms with Crippen molar-refractivity contribution in [3.8, 4) is 33.4 Å². The number of aromatic amines is 1. The first-order chi connectivity index (χ1) is 18.8. The van der Waals surface area contributed by atoms with Crippen LogP contribution < -0.4 is 0 Å². The standard InChI is InChI=1S/C36H23NO/c1-2-10-23(11-3-1)24-12-6-13-25(22-24)26-15-7-19-31-32-20-9-18-30(36(32)38-35(26)31)29-17-8-16-28-27-14-4-5-21-33(27)37-34(28)29/h1-22,37H. The Kier molecular flexibility index (Phi) is 4.55. The zero-order valence-corrected chi connectivity index (χ0v) is 20.6. The van der Waals surface area contributed by atoms with Gasteiger partial charge in [0, 0.05) is 43.8 Å². The fraction of sp³-hybridized carbons (Fsp3) is 0. The highest BCUT2D eigenvalue weighted by Crippen LogP contribution is 2.42. The Morgan fingerprint density at radius 1 is 0.395 bits per heavy atom. The van der Waals surface area contributed by atoms with E-state index in [1.165, 1.54) is 21.9 Å². The zero-order valence-electron chi connectivity index (χ0n) is 20.6. The first-order valence-corrected chi connectivity index (χ1v) is 12.9. The third kappa shape index (κ3) is 3.14. The maximum Gasteiger partial charge on any atom is 0.143 e. The van der Waals surface area contributed by atoms with Gasteiger partial charge in [0.05, 0.1) is 5.52 Å². The Labute approximate surface area is 219 Å². The number of rotatable bonds is 3. The fourth-order valence-electron chi connectivity index (χ4n) is 5.85. The van der Waals surface area contributed by atoms with Crippen LogP contribution in [0.2, 0.25) is 0 Å². The summed E-state index contributed by atoms with van der Waals surface area (Å²) in [5.74, 6) is 0. The lowest BCUT2D eigenvalue weighted by Crippen LogP contribution is -1.82. The second-order valence-corrected chi connectivity index (χ2v) is 9.81. The van der Waals surface area contributed by atoms with E-state index in [1.807, 2.05) is 0 Å². The Hall–Kier alpha value is -5.08. The summed E-state index contributed by atoms with van der Waals surface area (Å²) >= 11 is 0. The van der Waals surface area contributed by atoms with Crippen LogP contribution in [0, 0.1) is 0 Å². The number of para-hydroxylation sites is 4. The van der Waals surface area contributed by atoms with Crippen molar-refractivity contribution in [1.82, 2.24) is 4.98 Å². The first kappa shape index (κ1) is 21.0. The Bertz CT molecular complexity index is 2130. The molecule has 0 aliphatic rings. The molecule has 2 aromatic heterocycles. The second kappa shape index (κ2) is 8.22. The molecule has 0 unspecified atom stereocenters. The van der Waals surface area contributed by atoms with Crippen LogP contribution in [0.1, 0.15) is 0 Å². The smallest absolute Gasteiger partial charge is 0.143 e. The van der Waals surface area contributed by atoms with Crippen LogP contribution in [0.15, 0.2) is 138 Å². The van der Waals surface area contributed by atoms with E-state index >= 15 is 0 Å². The van der Waals surface area contributed by atoms with E-state index in [1.54, 1.807) is 0 Å². The van der Waals surface area contributed by atoms with Crippen LogP contribution in [0.4, 0.5) is 0 Å². The normalized spacial score (nSPS) is 11.7. The molecule has 8 aromatic rings. The molecule has 0 saturated heterocycles. The average molecular weight is 486 g/mol. The molecule has 0 atom stereocenters. The van der Waals surface area contributed by atoms with Gasteiger partial charge in [-0.1, -0.05) is 121 Å². The summed E-state index contributed by atoms with van der Waals surface area (Å²) in [5.41, 5.74) is 11.0. The highest BCUT2D eigenvalue weighted by Gasteiger charge is 2.18. The van der Waals surface area contributed by atoms with Crippen LogP contribution in [-0.2, 0) is 0 Å². The van der Waals surface area contributed by atoms with Gasteiger partial charge in [-0.3, -0.25) is 0 Å². The van der Waals surface area contributed by atoms with Crippen molar-refractivity contribution in [3.05, 3.63) is 133 Å². The Morgan fingerprint density at radius 2 is 0.974 bits per heavy atom. The van der Waals surface area contributed by atoms with Gasteiger partial charge in [0.15, 0.2) is 0 Å². The number of fused-ring (bicyclic) bond motifs is 6. The molecule has 0 radical (unpaired) electrons. The van der Waals surface area contributed by atoms with Crippen molar-refractivity contribution in [2.45, 2.75) is 0 Å². The lowest BCUT2D eigenvalue weighted by Gasteiger charge is -2.07. The second-order valence-electron chi connectivity index (χ2n) is 9.81. The van der Waals surface area contributed by atoms with Crippen molar-refractivity contribution in [2.75, 3.05) is 0 Å². The van der Waals surface area contributed by atoms with Gasteiger partial charge in [0.25, 0.3) is 0 Å². The zero-order chi connectivity index (χ0) is 25.1. The molecular formula is C36H23NO. The molecule has 1 N–H and O–H groups in total. The minimum absolute atomic E-state index is 0.917. The van der Waals surface area contributed by atoms with Crippen LogP contribution >= 0.6 is 0 Å². The molecule has 38 heavy (non-hydrogen) atoms. The summed E-state index contributed by atoms with van der Waals surface area (Å²) in [7, 11) is 0. The molecule has 0 aliphatic heterocycles. The van der Waals surface area contributed by atoms with E-state index in [0.29, 0.717) is 0 Å². The molecule has 2 heterocycles. The highest BCUT2D eigenvalue weighted by atomic mass is 16.3. The van der Waals surface area contributed by atoms with Crippen molar-refractivity contribution in [3.63, 3.8) is 0 Å². The van der Waals surface area contributed by atoms with Gasteiger partial charge in [-0.2, -0.15) is 0 Å². The fourth-order valence-corrected chi connectivity index (χ4v) is 5.85. The summed E-state index contributed by atoms with van der Waals surface area (Å²) < 4.78 is 6.78. The largest absolute Gasteiger partial charge is 0.455 e. The number of nitrogens with one attached hydrogen (secondary N) is 1. The lowest BCUT2D eigenvalue weighted by molar-refractivity contribution is 0.671. The number of hydrogen-bond donors (Lipinski definition) is 1. The molecular weight excluding hydrogens is 462 g/mol. The molecule has 8 rings (SSSR count). The predicted molar refractivity (Wildman–Crippen MR) is 159 cm³/mol. The number of hydrogen-bond acceptors (Lipinski definition) is 1. The third-order valence-corrected chi connectivity index (χ3v) is 7.64. The Morgan fingerprint density at radius 3 is 1.82 bits per heavy atom. The molecule has 0 bridgehead atoms. The molecule has 6 aromatic carbocycles. The van der Waals surface area contributed by atoms with Crippen LogP contribution in [0.25, 0.3) is 77.1 Å². The van der Waals surface area contributed by atoms with E-state index in [0.717, 1.165) is 55.2 Å². The summed E-state index contributed by atoms with van der Waals surface area (Å²) in [4.78, 5) is 3.66. The van der Waals surface area contributed by atoms with Gasteiger partial charge in [0.1, 0.15) is 11.2 Å². The molecule has 178 valence electrons. The maximum absolute atomic E-state index is 6.78. The lowest BCUT2D eigenvalue weighted by atomic mass is 9.97. The van der Waals surface area contributed by atoms with E-state index in [9.17, 15) is 0 Å². The number of benzene rings is 6. The quantitative estimate of drug-likeness (QED) is 0.265. The van der Waals surface area contributed by atoms with E-state index in [4.69, 9.17) is 4.42 Å².